The molecule has 0 amide bonds. The van der Waals surface area contributed by atoms with E-state index in [-0.39, 0.29) is 12.4 Å². The summed E-state index contributed by atoms with van der Waals surface area (Å²) in [6.45, 7) is 4.18. The molecule has 29 heavy (non-hydrogen) atoms. The zero-order chi connectivity index (χ0) is 20.5. The van der Waals surface area contributed by atoms with Crippen molar-refractivity contribution in [1.29, 1.82) is 0 Å². The number of aromatic nitrogens is 2. The minimum Gasteiger partial charge on any atom is -0.497 e. The van der Waals surface area contributed by atoms with Crippen LogP contribution in [0.25, 0.3) is 27.5 Å². The van der Waals surface area contributed by atoms with E-state index < -0.39 is 0 Å². The number of pyridine rings is 1. The number of rotatable bonds is 5. The van der Waals surface area contributed by atoms with Gasteiger partial charge < -0.3 is 14.0 Å². The fourth-order valence-corrected chi connectivity index (χ4v) is 3.95. The zero-order valence-electron chi connectivity index (χ0n) is 16.5. The average molecular weight is 409 g/mol. The minimum atomic E-state index is -0.246. The van der Waals surface area contributed by atoms with Gasteiger partial charge in [-0.1, -0.05) is 11.6 Å². The van der Waals surface area contributed by atoms with Crippen molar-refractivity contribution in [2.45, 2.75) is 20.3 Å². The van der Waals surface area contributed by atoms with Crippen LogP contribution in [0.2, 0.25) is 5.02 Å². The van der Waals surface area contributed by atoms with E-state index in [4.69, 9.17) is 21.1 Å². The maximum atomic E-state index is 12.3. The summed E-state index contributed by atoms with van der Waals surface area (Å²) in [5.74, 6) is 0.495. The summed E-state index contributed by atoms with van der Waals surface area (Å²) in [6.07, 6.45) is 1.97. The van der Waals surface area contributed by atoms with Crippen molar-refractivity contribution >= 4 is 39.4 Å². The van der Waals surface area contributed by atoms with Gasteiger partial charge in [0.15, 0.2) is 0 Å². The lowest BCUT2D eigenvalue weighted by Crippen LogP contribution is -2.08. The van der Waals surface area contributed by atoms with Crippen LogP contribution in [0.4, 0.5) is 0 Å². The first-order chi connectivity index (χ1) is 14.0. The highest BCUT2D eigenvalue weighted by atomic mass is 35.5. The van der Waals surface area contributed by atoms with Crippen molar-refractivity contribution in [2.24, 2.45) is 0 Å². The third-order valence-electron chi connectivity index (χ3n) is 5.09. The van der Waals surface area contributed by atoms with E-state index in [1.54, 1.807) is 13.3 Å². The van der Waals surface area contributed by atoms with Gasteiger partial charge >= 0.3 is 5.97 Å². The molecule has 0 N–H and O–H groups in total. The Labute approximate surface area is 173 Å². The molecule has 0 aliphatic rings. The van der Waals surface area contributed by atoms with Crippen LogP contribution in [0.3, 0.4) is 0 Å². The smallest absolute Gasteiger partial charge is 0.310 e. The van der Waals surface area contributed by atoms with Crippen molar-refractivity contribution in [1.82, 2.24) is 9.55 Å². The van der Waals surface area contributed by atoms with Gasteiger partial charge in [0.25, 0.3) is 0 Å². The Morgan fingerprint density at radius 2 is 1.97 bits per heavy atom. The second-order valence-electron chi connectivity index (χ2n) is 6.76. The molecule has 6 heteroatoms. The van der Waals surface area contributed by atoms with Crippen LogP contribution in [0.1, 0.15) is 18.2 Å². The number of benzene rings is 2. The van der Waals surface area contributed by atoms with Gasteiger partial charge in [0.2, 0.25) is 0 Å². The van der Waals surface area contributed by atoms with E-state index in [1.807, 2.05) is 56.3 Å². The van der Waals surface area contributed by atoms with Gasteiger partial charge in [0, 0.05) is 27.7 Å². The maximum Gasteiger partial charge on any atom is 0.310 e. The topological polar surface area (TPSA) is 53.4 Å². The van der Waals surface area contributed by atoms with Crippen LogP contribution in [0.15, 0.2) is 48.7 Å². The van der Waals surface area contributed by atoms with Gasteiger partial charge in [-0.2, -0.15) is 0 Å². The fourth-order valence-electron chi connectivity index (χ4n) is 3.78. The number of hydrogen-bond acceptors (Lipinski definition) is 4. The highest BCUT2D eigenvalue weighted by Gasteiger charge is 2.20. The maximum absolute atomic E-state index is 12.3. The third kappa shape index (κ3) is 3.42. The number of carbonyl (C=O) groups excluding carboxylic acids is 1. The molecule has 2 aromatic carbocycles. The van der Waals surface area contributed by atoms with Gasteiger partial charge in [-0.15, -0.1) is 0 Å². The lowest BCUT2D eigenvalue weighted by Gasteiger charge is -2.12. The van der Waals surface area contributed by atoms with Crippen LogP contribution in [0.5, 0.6) is 5.75 Å². The lowest BCUT2D eigenvalue weighted by molar-refractivity contribution is -0.142. The molecule has 2 aromatic heterocycles. The fraction of sp³-hybridized carbons (Fsp3) is 0.217. The van der Waals surface area contributed by atoms with Crippen LogP contribution < -0.4 is 4.74 Å². The Morgan fingerprint density at radius 1 is 1.14 bits per heavy atom. The number of nitrogens with zero attached hydrogens (tertiary/aromatic N) is 2. The molecular formula is C23H21ClN2O3. The summed E-state index contributed by atoms with van der Waals surface area (Å²) in [5.41, 5.74) is 4.69. The van der Waals surface area contributed by atoms with Crippen LogP contribution in [-0.2, 0) is 16.0 Å². The van der Waals surface area contributed by atoms with E-state index in [2.05, 4.69) is 9.55 Å². The van der Waals surface area contributed by atoms with Gasteiger partial charge in [-0.3, -0.25) is 9.78 Å². The largest absolute Gasteiger partial charge is 0.497 e. The van der Waals surface area contributed by atoms with Gasteiger partial charge in [-0.05, 0) is 61.9 Å². The van der Waals surface area contributed by atoms with E-state index in [1.165, 1.54) is 0 Å². The Bertz CT molecular complexity index is 1230. The summed E-state index contributed by atoms with van der Waals surface area (Å²) in [7, 11) is 1.64. The molecule has 0 saturated carbocycles. The number of esters is 1. The first-order valence-corrected chi connectivity index (χ1v) is 9.79. The normalized spacial score (nSPS) is 11.2. The van der Waals surface area contributed by atoms with Crippen molar-refractivity contribution in [2.75, 3.05) is 13.7 Å². The Hall–Kier alpha value is -3.05. The highest BCUT2D eigenvalue weighted by molar-refractivity contribution is 6.31. The molecule has 4 aromatic rings. The Balaban J connectivity index is 2.00. The summed E-state index contributed by atoms with van der Waals surface area (Å²) < 4.78 is 12.8. The molecule has 0 atom stereocenters. The molecule has 0 fully saturated rings. The third-order valence-corrected chi connectivity index (χ3v) is 5.33. The number of ether oxygens (including phenoxy) is 2. The minimum absolute atomic E-state index is 0.200. The second kappa shape index (κ2) is 7.76. The molecule has 0 bridgehead atoms. The van der Waals surface area contributed by atoms with Crippen LogP contribution in [-0.4, -0.2) is 29.2 Å². The molecule has 5 nitrogen and oxygen atoms in total. The average Bonchev–Trinajstić information content (AvgIpc) is 2.98. The van der Waals surface area contributed by atoms with Crippen molar-refractivity contribution in [3.8, 4) is 11.4 Å². The quantitative estimate of drug-likeness (QED) is 0.423. The van der Waals surface area contributed by atoms with E-state index >= 15 is 0 Å². The van der Waals surface area contributed by atoms with Gasteiger partial charge in [0.1, 0.15) is 5.75 Å². The number of hydrogen-bond donors (Lipinski definition) is 0. The summed E-state index contributed by atoms with van der Waals surface area (Å²) in [5, 5.41) is 2.59. The van der Waals surface area contributed by atoms with Gasteiger partial charge in [-0.25, -0.2) is 0 Å². The lowest BCUT2D eigenvalue weighted by atomic mass is 10.1. The SMILES string of the molecule is CCOC(=O)Cc1c(C)n(-c2ccnc3cc(Cl)ccc23)c2ccc(OC)cc12. The van der Waals surface area contributed by atoms with E-state index in [9.17, 15) is 4.79 Å². The predicted molar refractivity (Wildman–Crippen MR) is 115 cm³/mol. The van der Waals surface area contributed by atoms with Crippen molar-refractivity contribution < 1.29 is 14.3 Å². The van der Waals surface area contributed by atoms with Gasteiger partial charge in [0.05, 0.1) is 36.9 Å². The number of halogens is 1. The molecule has 0 unspecified atom stereocenters. The number of fused-ring (bicyclic) bond motifs is 2. The molecule has 148 valence electrons. The van der Waals surface area contributed by atoms with Crippen LogP contribution >= 0.6 is 11.6 Å². The predicted octanol–water partition coefficient (Wildman–Crippen LogP) is 5.25. The van der Waals surface area contributed by atoms with E-state index in [0.29, 0.717) is 11.6 Å². The molecule has 0 saturated heterocycles. The monoisotopic (exact) mass is 408 g/mol. The number of methoxy groups -OCH3 is 1. The molecular weight excluding hydrogens is 388 g/mol. The summed E-state index contributed by atoms with van der Waals surface area (Å²) in [6, 6.07) is 13.6. The molecule has 0 aliphatic heterocycles. The molecule has 2 heterocycles. The Morgan fingerprint density at radius 3 is 2.72 bits per heavy atom. The molecule has 0 spiro atoms. The Kier molecular flexibility index (Phi) is 5.16. The highest BCUT2D eigenvalue weighted by Crippen LogP contribution is 2.34. The standard InChI is InChI=1S/C23H21ClN2O3/c1-4-29-23(27)13-18-14(2)26(21-8-6-16(28-3)12-19(18)21)22-9-10-25-20-11-15(24)5-7-17(20)22/h5-12H,4,13H2,1-3H3. The van der Waals surface area contributed by atoms with Crippen molar-refractivity contribution in [3.63, 3.8) is 0 Å². The summed E-state index contributed by atoms with van der Waals surface area (Å²) >= 11 is 6.16. The second-order valence-corrected chi connectivity index (χ2v) is 7.19. The van der Waals surface area contributed by atoms with Crippen LogP contribution in [0, 0.1) is 6.92 Å². The van der Waals surface area contributed by atoms with E-state index in [0.717, 1.165) is 44.5 Å². The molecule has 0 radical (unpaired) electrons. The summed E-state index contributed by atoms with van der Waals surface area (Å²) in [4.78, 5) is 16.7. The first-order valence-electron chi connectivity index (χ1n) is 9.41. The number of carbonyl (C=O) groups is 1. The zero-order valence-corrected chi connectivity index (χ0v) is 17.3. The molecule has 4 rings (SSSR count). The molecule has 0 aliphatic carbocycles. The first kappa shape index (κ1) is 19.3. The van der Waals surface area contributed by atoms with Crippen molar-refractivity contribution in [3.05, 3.63) is 64.9 Å².